The lowest BCUT2D eigenvalue weighted by Gasteiger charge is -2.19. The lowest BCUT2D eigenvalue weighted by atomic mass is 9.95. The highest BCUT2D eigenvalue weighted by atomic mass is 15.1. The van der Waals surface area contributed by atoms with Gasteiger partial charge in [-0.2, -0.15) is 0 Å². The second kappa shape index (κ2) is 7.84. The van der Waals surface area contributed by atoms with Crippen LogP contribution in [0.5, 0.6) is 0 Å². The lowest BCUT2D eigenvalue weighted by Crippen LogP contribution is -2.02. The second-order valence-electron chi connectivity index (χ2n) is 7.37. The SMILES string of the molecule is Cc1ccccc1-c1nccn1-c1c(-c2ccccc2)cccc1-c1ccccc1. The largest absolute Gasteiger partial charge is 0.299 e. The van der Waals surface area contributed by atoms with Gasteiger partial charge < -0.3 is 0 Å². The molecule has 5 aromatic rings. The van der Waals surface area contributed by atoms with E-state index in [1.165, 1.54) is 27.8 Å². The van der Waals surface area contributed by atoms with Gasteiger partial charge in [0.15, 0.2) is 0 Å². The van der Waals surface area contributed by atoms with Crippen LogP contribution in [0.25, 0.3) is 39.3 Å². The first-order valence-corrected chi connectivity index (χ1v) is 10.2. The van der Waals surface area contributed by atoms with Gasteiger partial charge in [0.1, 0.15) is 5.82 Å². The van der Waals surface area contributed by atoms with Gasteiger partial charge in [0.05, 0.1) is 5.69 Å². The molecular weight excluding hydrogens is 364 g/mol. The molecule has 0 aliphatic rings. The summed E-state index contributed by atoms with van der Waals surface area (Å²) < 4.78 is 2.23. The Labute approximate surface area is 177 Å². The number of aromatic nitrogens is 2. The molecule has 0 aliphatic heterocycles. The van der Waals surface area contributed by atoms with Gasteiger partial charge in [0, 0.05) is 29.1 Å². The van der Waals surface area contributed by atoms with E-state index < -0.39 is 0 Å². The molecule has 0 aliphatic carbocycles. The maximum absolute atomic E-state index is 4.76. The van der Waals surface area contributed by atoms with Crippen molar-refractivity contribution in [2.24, 2.45) is 0 Å². The predicted octanol–water partition coefficient (Wildman–Crippen LogP) is 7.18. The molecule has 0 N–H and O–H groups in total. The summed E-state index contributed by atoms with van der Waals surface area (Å²) in [7, 11) is 0. The Bertz CT molecular complexity index is 1230. The normalized spacial score (nSPS) is 10.8. The molecule has 0 saturated carbocycles. The Balaban J connectivity index is 1.82. The molecule has 0 radical (unpaired) electrons. The number of benzene rings is 4. The zero-order valence-corrected chi connectivity index (χ0v) is 16.9. The molecule has 1 heterocycles. The Hall–Kier alpha value is -3.91. The molecule has 0 fully saturated rings. The first-order chi connectivity index (χ1) is 14.8. The van der Waals surface area contributed by atoms with Gasteiger partial charge in [-0.25, -0.2) is 4.98 Å². The van der Waals surface area contributed by atoms with Gasteiger partial charge in [0.25, 0.3) is 0 Å². The summed E-state index contributed by atoms with van der Waals surface area (Å²) in [4.78, 5) is 4.76. The first kappa shape index (κ1) is 18.1. The third-order valence-corrected chi connectivity index (χ3v) is 5.47. The van der Waals surface area contributed by atoms with Gasteiger partial charge in [0.2, 0.25) is 0 Å². The molecule has 0 bridgehead atoms. The molecule has 1 aromatic heterocycles. The summed E-state index contributed by atoms with van der Waals surface area (Å²) in [5.74, 6) is 0.952. The molecule has 0 unspecified atom stereocenters. The molecule has 144 valence electrons. The summed E-state index contributed by atoms with van der Waals surface area (Å²) >= 11 is 0. The van der Waals surface area contributed by atoms with E-state index in [4.69, 9.17) is 4.98 Å². The summed E-state index contributed by atoms with van der Waals surface area (Å²) in [5, 5.41) is 0. The fourth-order valence-electron chi connectivity index (χ4n) is 4.01. The molecule has 4 aromatic carbocycles. The molecule has 30 heavy (non-hydrogen) atoms. The summed E-state index contributed by atoms with van der Waals surface area (Å²) in [6.07, 6.45) is 3.95. The third-order valence-electron chi connectivity index (χ3n) is 5.47. The van der Waals surface area contributed by atoms with Crippen LogP contribution in [-0.4, -0.2) is 9.55 Å². The van der Waals surface area contributed by atoms with E-state index in [1.54, 1.807) is 0 Å². The van der Waals surface area contributed by atoms with E-state index >= 15 is 0 Å². The maximum Gasteiger partial charge on any atom is 0.144 e. The summed E-state index contributed by atoms with van der Waals surface area (Å²) in [5.41, 5.74) is 8.25. The molecule has 2 heteroatoms. The lowest BCUT2D eigenvalue weighted by molar-refractivity contribution is 1.07. The first-order valence-electron chi connectivity index (χ1n) is 10.2. The Morgan fingerprint density at radius 2 is 1.10 bits per heavy atom. The Morgan fingerprint density at radius 1 is 0.567 bits per heavy atom. The van der Waals surface area contributed by atoms with Crippen LogP contribution in [0.4, 0.5) is 0 Å². The highest BCUT2D eigenvalue weighted by Gasteiger charge is 2.18. The molecular formula is C28H22N2. The van der Waals surface area contributed by atoms with E-state index in [0.29, 0.717) is 0 Å². The molecule has 5 rings (SSSR count). The van der Waals surface area contributed by atoms with Crippen molar-refractivity contribution in [3.05, 3.63) is 121 Å². The summed E-state index contributed by atoms with van der Waals surface area (Å²) in [6, 6.07) is 36.1. The van der Waals surface area contributed by atoms with Gasteiger partial charge in [-0.3, -0.25) is 4.57 Å². The number of hydrogen-bond donors (Lipinski definition) is 0. The van der Waals surface area contributed by atoms with Crippen LogP contribution in [-0.2, 0) is 0 Å². The van der Waals surface area contributed by atoms with Crippen molar-refractivity contribution >= 4 is 0 Å². The monoisotopic (exact) mass is 386 g/mol. The standard InChI is InChI=1S/C28H22N2/c1-21-11-8-9-16-24(21)28-29-19-20-30(28)27-25(22-12-4-2-5-13-22)17-10-18-26(27)23-14-6-3-7-15-23/h2-20H,1H3. The van der Waals surface area contributed by atoms with Crippen molar-refractivity contribution in [2.75, 3.05) is 0 Å². The molecule has 0 atom stereocenters. The molecule has 2 nitrogen and oxygen atoms in total. The number of aryl methyl sites for hydroxylation is 1. The average molecular weight is 386 g/mol. The van der Waals surface area contributed by atoms with Crippen LogP contribution in [0.15, 0.2) is 116 Å². The van der Waals surface area contributed by atoms with Crippen molar-refractivity contribution in [1.29, 1.82) is 0 Å². The predicted molar refractivity (Wildman–Crippen MR) is 125 cm³/mol. The maximum atomic E-state index is 4.76. The van der Waals surface area contributed by atoms with Gasteiger partial charge in [-0.15, -0.1) is 0 Å². The minimum atomic E-state index is 0.952. The highest BCUT2D eigenvalue weighted by Crippen LogP contribution is 2.37. The van der Waals surface area contributed by atoms with Crippen LogP contribution < -0.4 is 0 Å². The van der Waals surface area contributed by atoms with E-state index in [-0.39, 0.29) is 0 Å². The Morgan fingerprint density at radius 3 is 1.70 bits per heavy atom. The van der Waals surface area contributed by atoms with Crippen molar-refractivity contribution in [3.63, 3.8) is 0 Å². The fraction of sp³-hybridized carbons (Fsp3) is 0.0357. The van der Waals surface area contributed by atoms with Crippen LogP contribution in [0.1, 0.15) is 5.56 Å². The van der Waals surface area contributed by atoms with E-state index in [0.717, 1.165) is 17.1 Å². The zero-order chi connectivity index (χ0) is 20.3. The van der Waals surface area contributed by atoms with E-state index in [2.05, 4.69) is 121 Å². The van der Waals surface area contributed by atoms with Crippen LogP contribution in [0, 0.1) is 6.92 Å². The van der Waals surface area contributed by atoms with Crippen molar-refractivity contribution in [2.45, 2.75) is 6.92 Å². The van der Waals surface area contributed by atoms with Crippen molar-refractivity contribution in [3.8, 4) is 39.3 Å². The van der Waals surface area contributed by atoms with Crippen LogP contribution in [0.3, 0.4) is 0 Å². The zero-order valence-electron chi connectivity index (χ0n) is 16.9. The van der Waals surface area contributed by atoms with Gasteiger partial charge in [-0.1, -0.05) is 103 Å². The highest BCUT2D eigenvalue weighted by molar-refractivity contribution is 5.86. The quantitative estimate of drug-likeness (QED) is 0.320. The minimum absolute atomic E-state index is 0.952. The third kappa shape index (κ3) is 3.23. The van der Waals surface area contributed by atoms with Gasteiger partial charge in [-0.05, 0) is 23.6 Å². The van der Waals surface area contributed by atoms with E-state index in [9.17, 15) is 0 Å². The van der Waals surface area contributed by atoms with Crippen molar-refractivity contribution in [1.82, 2.24) is 9.55 Å². The number of rotatable bonds is 4. The van der Waals surface area contributed by atoms with Crippen molar-refractivity contribution < 1.29 is 0 Å². The smallest absolute Gasteiger partial charge is 0.144 e. The van der Waals surface area contributed by atoms with Crippen LogP contribution >= 0.6 is 0 Å². The number of imidazole rings is 1. The van der Waals surface area contributed by atoms with Gasteiger partial charge >= 0.3 is 0 Å². The molecule has 0 spiro atoms. The van der Waals surface area contributed by atoms with Crippen LogP contribution in [0.2, 0.25) is 0 Å². The number of nitrogens with zero attached hydrogens (tertiary/aromatic N) is 2. The number of para-hydroxylation sites is 1. The molecule has 0 saturated heterocycles. The fourth-order valence-corrected chi connectivity index (χ4v) is 4.01. The average Bonchev–Trinajstić information content (AvgIpc) is 3.29. The summed E-state index contributed by atoms with van der Waals surface area (Å²) in [6.45, 7) is 2.13. The molecule has 0 amide bonds. The van der Waals surface area contributed by atoms with E-state index in [1.807, 2.05) is 6.20 Å². The second-order valence-corrected chi connectivity index (χ2v) is 7.37. The Kier molecular flexibility index (Phi) is 4.74. The topological polar surface area (TPSA) is 17.8 Å². The number of hydrogen-bond acceptors (Lipinski definition) is 1. The minimum Gasteiger partial charge on any atom is -0.299 e.